The molecular weight excluding hydrogens is 272 g/mol. The highest BCUT2D eigenvalue weighted by Crippen LogP contribution is 2.26. The van der Waals surface area contributed by atoms with Crippen molar-refractivity contribution in [3.63, 3.8) is 0 Å². The second kappa shape index (κ2) is 5.16. The first-order chi connectivity index (χ1) is 9.76. The van der Waals surface area contributed by atoms with Crippen LogP contribution >= 0.6 is 11.3 Å². The largest absolute Gasteiger partial charge is 0.357 e. The Morgan fingerprint density at radius 2 is 2.05 bits per heavy atom. The molecule has 104 valence electrons. The topological polar surface area (TPSA) is 68.5 Å². The number of rotatable bonds is 4. The van der Waals surface area contributed by atoms with Gasteiger partial charge in [-0.1, -0.05) is 13.8 Å². The van der Waals surface area contributed by atoms with E-state index in [4.69, 9.17) is 0 Å². The monoisotopic (exact) mass is 288 g/mol. The molecule has 20 heavy (non-hydrogen) atoms. The van der Waals surface area contributed by atoms with Gasteiger partial charge in [0.05, 0.1) is 5.39 Å². The summed E-state index contributed by atoms with van der Waals surface area (Å²) < 4.78 is 1.84. The van der Waals surface area contributed by atoms with Crippen LogP contribution in [0.4, 0.5) is 5.95 Å². The molecule has 0 aliphatic heterocycles. The molecule has 3 heterocycles. The Hall–Kier alpha value is -2.02. The molecule has 6 nitrogen and oxygen atoms in total. The zero-order valence-electron chi connectivity index (χ0n) is 11.7. The van der Waals surface area contributed by atoms with Gasteiger partial charge >= 0.3 is 0 Å². The van der Waals surface area contributed by atoms with Gasteiger partial charge < -0.3 is 5.32 Å². The summed E-state index contributed by atoms with van der Waals surface area (Å²) in [4.78, 5) is 14.5. The highest BCUT2D eigenvalue weighted by molar-refractivity contribution is 7.16. The highest BCUT2D eigenvalue weighted by atomic mass is 32.1. The van der Waals surface area contributed by atoms with E-state index < -0.39 is 0 Å². The number of thiophene rings is 1. The number of nitrogens with zero attached hydrogens (tertiary/aromatic N) is 5. The van der Waals surface area contributed by atoms with Crippen LogP contribution in [-0.2, 0) is 12.8 Å². The normalized spacial score (nSPS) is 11.2. The number of aryl methyl sites for hydroxylation is 2. The summed E-state index contributed by atoms with van der Waals surface area (Å²) in [6, 6.07) is 2.03. The molecule has 0 unspecified atom stereocenters. The first kappa shape index (κ1) is 13.0. The maximum Gasteiger partial charge on any atom is 0.225 e. The Kier molecular flexibility index (Phi) is 3.35. The van der Waals surface area contributed by atoms with Gasteiger partial charge in [-0.05, 0) is 11.4 Å². The van der Waals surface area contributed by atoms with Crippen molar-refractivity contribution in [2.45, 2.75) is 26.7 Å². The van der Waals surface area contributed by atoms with Crippen LogP contribution in [0.1, 0.15) is 25.5 Å². The van der Waals surface area contributed by atoms with Crippen molar-refractivity contribution in [1.82, 2.24) is 24.7 Å². The van der Waals surface area contributed by atoms with Gasteiger partial charge in [0.15, 0.2) is 11.6 Å². The minimum atomic E-state index is 0.602. The van der Waals surface area contributed by atoms with Crippen molar-refractivity contribution in [3.8, 4) is 5.82 Å². The molecule has 3 aromatic rings. The average Bonchev–Trinajstić information content (AvgIpc) is 3.11. The lowest BCUT2D eigenvalue weighted by atomic mass is 10.3. The summed E-state index contributed by atoms with van der Waals surface area (Å²) in [6.45, 7) is 4.13. The maximum atomic E-state index is 4.57. The second-order valence-corrected chi connectivity index (χ2v) is 5.22. The zero-order chi connectivity index (χ0) is 14.1. The van der Waals surface area contributed by atoms with E-state index in [1.54, 1.807) is 11.3 Å². The fourth-order valence-corrected chi connectivity index (χ4v) is 2.81. The molecule has 0 aliphatic carbocycles. The number of hydrogen-bond donors (Lipinski definition) is 1. The van der Waals surface area contributed by atoms with E-state index >= 15 is 0 Å². The van der Waals surface area contributed by atoms with E-state index in [0.717, 1.165) is 40.5 Å². The molecule has 0 saturated heterocycles. The van der Waals surface area contributed by atoms with Crippen LogP contribution in [0.2, 0.25) is 0 Å². The molecule has 0 spiro atoms. The van der Waals surface area contributed by atoms with Gasteiger partial charge in [-0.2, -0.15) is 9.67 Å². The van der Waals surface area contributed by atoms with Crippen molar-refractivity contribution in [1.29, 1.82) is 0 Å². The first-order valence-electron chi connectivity index (χ1n) is 6.65. The smallest absolute Gasteiger partial charge is 0.225 e. The van der Waals surface area contributed by atoms with Gasteiger partial charge in [-0.3, -0.25) is 0 Å². The molecule has 0 aromatic carbocycles. The Balaban J connectivity index is 2.27. The molecule has 1 N–H and O–H groups in total. The van der Waals surface area contributed by atoms with Crippen molar-refractivity contribution in [3.05, 3.63) is 23.1 Å². The summed E-state index contributed by atoms with van der Waals surface area (Å²) in [5.74, 6) is 3.17. The standard InChI is InChI=1S/C13H16N6S/c1-4-9-15-10(5-2)19(18-9)11-8-6-7-20-12(8)17-13(14-3)16-11/h6-7H,4-5H2,1-3H3,(H,14,16,17). The van der Waals surface area contributed by atoms with Gasteiger partial charge in [-0.15, -0.1) is 16.4 Å². The predicted molar refractivity (Wildman–Crippen MR) is 80.6 cm³/mol. The number of aromatic nitrogens is 5. The van der Waals surface area contributed by atoms with Gasteiger partial charge in [0.2, 0.25) is 5.95 Å². The third-order valence-electron chi connectivity index (χ3n) is 3.08. The molecule has 0 bridgehead atoms. The minimum Gasteiger partial charge on any atom is -0.357 e. The van der Waals surface area contributed by atoms with Gasteiger partial charge in [-0.25, -0.2) is 9.97 Å². The third-order valence-corrected chi connectivity index (χ3v) is 3.89. The fourth-order valence-electron chi connectivity index (χ4n) is 2.05. The highest BCUT2D eigenvalue weighted by Gasteiger charge is 2.15. The lowest BCUT2D eigenvalue weighted by molar-refractivity contribution is 0.774. The van der Waals surface area contributed by atoms with E-state index in [1.807, 2.05) is 23.2 Å². The van der Waals surface area contributed by atoms with E-state index in [0.29, 0.717) is 5.95 Å². The van der Waals surface area contributed by atoms with Crippen molar-refractivity contribution in [2.24, 2.45) is 0 Å². The van der Waals surface area contributed by atoms with E-state index in [2.05, 4.69) is 39.2 Å². The Labute approximate surface area is 120 Å². The third kappa shape index (κ3) is 2.03. The van der Waals surface area contributed by atoms with Crippen molar-refractivity contribution < 1.29 is 0 Å². The average molecular weight is 288 g/mol. The summed E-state index contributed by atoms with van der Waals surface area (Å²) in [5.41, 5.74) is 0. The van der Waals surface area contributed by atoms with Crippen LogP contribution in [0.25, 0.3) is 16.0 Å². The maximum absolute atomic E-state index is 4.57. The first-order valence-corrected chi connectivity index (χ1v) is 7.53. The van der Waals surface area contributed by atoms with Crippen LogP contribution in [0, 0.1) is 0 Å². The number of anilines is 1. The van der Waals surface area contributed by atoms with Gasteiger partial charge in [0, 0.05) is 19.9 Å². The van der Waals surface area contributed by atoms with Gasteiger partial charge in [0.1, 0.15) is 10.7 Å². The second-order valence-electron chi connectivity index (χ2n) is 4.32. The molecule has 0 saturated carbocycles. The molecule has 3 aromatic heterocycles. The molecule has 7 heteroatoms. The molecular formula is C13H16N6S. The molecule has 0 atom stereocenters. The molecule has 0 fully saturated rings. The van der Waals surface area contributed by atoms with Crippen molar-refractivity contribution in [2.75, 3.05) is 12.4 Å². The van der Waals surface area contributed by atoms with Crippen LogP contribution in [0.3, 0.4) is 0 Å². The predicted octanol–water partition coefficient (Wildman–Crippen LogP) is 2.44. The fraction of sp³-hybridized carbons (Fsp3) is 0.385. The number of nitrogens with one attached hydrogen (secondary N) is 1. The zero-order valence-corrected chi connectivity index (χ0v) is 12.5. The SMILES string of the molecule is CCc1nc(CC)n(-c2nc(NC)nc3sccc23)n1. The van der Waals surface area contributed by atoms with E-state index in [-0.39, 0.29) is 0 Å². The molecule has 0 aliphatic rings. The Morgan fingerprint density at radius 3 is 2.75 bits per heavy atom. The summed E-state index contributed by atoms with van der Waals surface area (Å²) in [7, 11) is 1.82. The minimum absolute atomic E-state index is 0.602. The number of fused-ring (bicyclic) bond motifs is 1. The number of hydrogen-bond acceptors (Lipinski definition) is 6. The lowest BCUT2D eigenvalue weighted by Gasteiger charge is -2.07. The Bertz CT molecular complexity index is 744. The van der Waals surface area contributed by atoms with Crippen LogP contribution in [0.5, 0.6) is 0 Å². The lowest BCUT2D eigenvalue weighted by Crippen LogP contribution is -2.08. The van der Waals surface area contributed by atoms with Crippen molar-refractivity contribution >= 4 is 27.5 Å². The quantitative estimate of drug-likeness (QED) is 0.798. The molecule has 0 amide bonds. The van der Waals surface area contributed by atoms with Gasteiger partial charge in [0.25, 0.3) is 0 Å². The molecule has 3 rings (SSSR count). The van der Waals surface area contributed by atoms with Crippen LogP contribution in [-0.4, -0.2) is 31.8 Å². The van der Waals surface area contributed by atoms with Crippen LogP contribution in [0.15, 0.2) is 11.4 Å². The van der Waals surface area contributed by atoms with E-state index in [9.17, 15) is 0 Å². The Morgan fingerprint density at radius 1 is 1.20 bits per heavy atom. The summed E-state index contributed by atoms with van der Waals surface area (Å²) >= 11 is 1.60. The van der Waals surface area contributed by atoms with Crippen LogP contribution < -0.4 is 5.32 Å². The summed E-state index contributed by atoms with van der Waals surface area (Å²) in [6.07, 6.45) is 1.63. The summed E-state index contributed by atoms with van der Waals surface area (Å²) in [5, 5.41) is 10.6. The molecule has 0 radical (unpaired) electrons. The van der Waals surface area contributed by atoms with E-state index in [1.165, 1.54) is 0 Å².